The predicted octanol–water partition coefficient (Wildman–Crippen LogP) is 3.40. The molecule has 0 aromatic heterocycles. The molecule has 0 aliphatic carbocycles. The molecular formula is C29H33F2N3O5S. The Labute approximate surface area is 233 Å². The number of hydrogen-bond donors (Lipinski definition) is 3. The molecule has 3 aromatic carbocycles. The van der Waals surface area contributed by atoms with Gasteiger partial charge in [0.05, 0.1) is 30.7 Å². The summed E-state index contributed by atoms with van der Waals surface area (Å²) in [6.45, 7) is 0.820. The molecule has 8 nitrogen and oxygen atoms in total. The van der Waals surface area contributed by atoms with Crippen LogP contribution >= 0.6 is 0 Å². The van der Waals surface area contributed by atoms with Gasteiger partial charge < -0.3 is 20.5 Å². The largest absolute Gasteiger partial charge is 0.497 e. The molecule has 0 unspecified atom stereocenters. The van der Waals surface area contributed by atoms with Crippen LogP contribution in [-0.4, -0.2) is 57.5 Å². The summed E-state index contributed by atoms with van der Waals surface area (Å²) in [5.74, 6) is -1.34. The van der Waals surface area contributed by atoms with Gasteiger partial charge in [0.25, 0.3) is 5.91 Å². The lowest BCUT2D eigenvalue weighted by Crippen LogP contribution is -2.48. The first-order valence-electron chi connectivity index (χ1n) is 13.0. The number of methoxy groups -OCH3 is 1. The van der Waals surface area contributed by atoms with E-state index in [0.29, 0.717) is 30.9 Å². The summed E-state index contributed by atoms with van der Waals surface area (Å²) < 4.78 is 59.4. The molecule has 4 rings (SSSR count). The predicted molar refractivity (Wildman–Crippen MR) is 149 cm³/mol. The molecular weight excluding hydrogens is 540 g/mol. The molecule has 214 valence electrons. The minimum Gasteiger partial charge on any atom is -0.497 e. The van der Waals surface area contributed by atoms with Crippen molar-refractivity contribution >= 4 is 21.6 Å². The van der Waals surface area contributed by atoms with Crippen LogP contribution in [0.15, 0.2) is 66.7 Å². The second-order valence-corrected chi connectivity index (χ2v) is 11.8. The van der Waals surface area contributed by atoms with E-state index in [1.54, 1.807) is 25.3 Å². The minimum atomic E-state index is -3.47. The molecule has 0 saturated carbocycles. The molecule has 1 aliphatic rings. The molecule has 0 spiro atoms. The van der Waals surface area contributed by atoms with Crippen molar-refractivity contribution in [1.29, 1.82) is 0 Å². The molecule has 1 amide bonds. The van der Waals surface area contributed by atoms with Crippen LogP contribution in [0.1, 0.15) is 34.3 Å². The number of rotatable bonds is 11. The van der Waals surface area contributed by atoms with E-state index in [4.69, 9.17) is 4.74 Å². The molecule has 1 heterocycles. The Hall–Kier alpha value is -3.54. The summed E-state index contributed by atoms with van der Waals surface area (Å²) in [5.41, 5.74) is 1.77. The van der Waals surface area contributed by atoms with E-state index < -0.39 is 39.7 Å². The maximum atomic E-state index is 13.9. The monoisotopic (exact) mass is 573 g/mol. The van der Waals surface area contributed by atoms with Crippen molar-refractivity contribution in [2.75, 3.05) is 30.3 Å². The van der Waals surface area contributed by atoms with E-state index >= 15 is 0 Å². The van der Waals surface area contributed by atoms with Gasteiger partial charge in [-0.25, -0.2) is 17.2 Å². The maximum Gasteiger partial charge on any atom is 0.251 e. The van der Waals surface area contributed by atoms with Crippen LogP contribution < -0.4 is 19.7 Å². The molecule has 40 heavy (non-hydrogen) atoms. The molecule has 0 radical (unpaired) electrons. The third-order valence-electron chi connectivity index (χ3n) is 6.72. The lowest BCUT2D eigenvalue weighted by Gasteiger charge is -2.29. The van der Waals surface area contributed by atoms with Crippen LogP contribution in [0.4, 0.5) is 14.5 Å². The van der Waals surface area contributed by atoms with Crippen LogP contribution in [-0.2, 0) is 23.0 Å². The highest BCUT2D eigenvalue weighted by atomic mass is 32.2. The number of sulfonamides is 1. The average Bonchev–Trinajstić information content (AvgIpc) is 2.92. The number of aliphatic hydroxyl groups excluding tert-OH is 1. The Kier molecular flexibility index (Phi) is 9.72. The van der Waals surface area contributed by atoms with E-state index in [0.717, 1.165) is 30.2 Å². The van der Waals surface area contributed by atoms with Crippen molar-refractivity contribution in [3.8, 4) is 5.75 Å². The summed E-state index contributed by atoms with van der Waals surface area (Å²) in [7, 11) is -1.90. The maximum absolute atomic E-state index is 13.9. The van der Waals surface area contributed by atoms with E-state index in [9.17, 15) is 27.1 Å². The highest BCUT2D eigenvalue weighted by molar-refractivity contribution is 7.92. The Balaban J connectivity index is 1.50. The van der Waals surface area contributed by atoms with Crippen LogP contribution in [0.2, 0.25) is 0 Å². The highest BCUT2D eigenvalue weighted by Gasteiger charge is 2.27. The Morgan fingerprint density at radius 2 is 1.77 bits per heavy atom. The standard InChI is InChI=1S/C29H33F2N3O5S/c1-39-26-9-4-6-20(14-26)18-32-19-28(35)27(15-21-12-23(30)17-24(31)13-21)33-29(36)22-7-5-8-25(16-22)34-10-2-3-11-40(34,37)38/h4-9,12-14,16-17,27-28,32,35H,2-3,10-11,15,18-19H2,1H3,(H,33,36)/t27-,28+/m0/s1. The van der Waals surface area contributed by atoms with E-state index in [-0.39, 0.29) is 29.8 Å². The summed E-state index contributed by atoms with van der Waals surface area (Å²) >= 11 is 0. The van der Waals surface area contributed by atoms with Crippen LogP contribution in [0.3, 0.4) is 0 Å². The van der Waals surface area contributed by atoms with Gasteiger partial charge in [-0.3, -0.25) is 9.10 Å². The normalized spacial score (nSPS) is 16.2. The minimum absolute atomic E-state index is 0.0391. The van der Waals surface area contributed by atoms with Gasteiger partial charge in [-0.05, 0) is 72.9 Å². The van der Waals surface area contributed by atoms with Gasteiger partial charge in [-0.2, -0.15) is 0 Å². The molecule has 3 aromatic rings. The lowest BCUT2D eigenvalue weighted by atomic mass is 10.00. The number of carbonyl (C=O) groups is 1. The first-order valence-corrected chi connectivity index (χ1v) is 14.6. The molecule has 3 N–H and O–H groups in total. The topological polar surface area (TPSA) is 108 Å². The quantitative estimate of drug-likeness (QED) is 0.325. The number of amides is 1. The zero-order chi connectivity index (χ0) is 28.7. The summed E-state index contributed by atoms with van der Waals surface area (Å²) in [4.78, 5) is 13.3. The van der Waals surface area contributed by atoms with Gasteiger partial charge in [-0.1, -0.05) is 18.2 Å². The fourth-order valence-electron chi connectivity index (χ4n) is 4.69. The molecule has 11 heteroatoms. The highest BCUT2D eigenvalue weighted by Crippen LogP contribution is 2.24. The lowest BCUT2D eigenvalue weighted by molar-refractivity contribution is 0.0830. The Bertz CT molecular complexity index is 1420. The molecule has 1 aliphatic heterocycles. The van der Waals surface area contributed by atoms with Crippen molar-refractivity contribution in [2.24, 2.45) is 0 Å². The van der Waals surface area contributed by atoms with Crippen LogP contribution in [0.5, 0.6) is 5.75 Å². The third kappa shape index (κ3) is 7.77. The number of nitrogens with zero attached hydrogens (tertiary/aromatic N) is 1. The average molecular weight is 574 g/mol. The third-order valence-corrected chi connectivity index (χ3v) is 8.59. The fraction of sp³-hybridized carbons (Fsp3) is 0.345. The van der Waals surface area contributed by atoms with E-state index in [1.807, 2.05) is 24.3 Å². The summed E-state index contributed by atoms with van der Waals surface area (Å²) in [5, 5.41) is 16.9. The Morgan fingerprint density at radius 1 is 1.02 bits per heavy atom. The van der Waals surface area contributed by atoms with Gasteiger partial charge in [-0.15, -0.1) is 0 Å². The first-order chi connectivity index (χ1) is 19.1. The van der Waals surface area contributed by atoms with Crippen molar-refractivity contribution in [2.45, 2.75) is 38.0 Å². The zero-order valence-electron chi connectivity index (χ0n) is 22.1. The SMILES string of the molecule is COc1cccc(CNC[C@@H](O)[C@H](Cc2cc(F)cc(F)c2)NC(=O)c2cccc(N3CCCCS3(=O)=O)c2)c1. The number of benzene rings is 3. The van der Waals surface area contributed by atoms with E-state index in [1.165, 1.54) is 10.4 Å². The van der Waals surface area contributed by atoms with Crippen molar-refractivity contribution in [3.63, 3.8) is 0 Å². The van der Waals surface area contributed by atoms with Crippen LogP contribution in [0, 0.1) is 11.6 Å². The van der Waals surface area contributed by atoms with Crippen molar-refractivity contribution in [3.05, 3.63) is 95.1 Å². The molecule has 0 bridgehead atoms. The first kappa shape index (κ1) is 29.4. The second-order valence-electron chi connectivity index (χ2n) is 9.76. The van der Waals surface area contributed by atoms with Crippen molar-refractivity contribution < 1.29 is 31.8 Å². The number of hydrogen-bond acceptors (Lipinski definition) is 6. The fourth-order valence-corrected chi connectivity index (χ4v) is 6.32. The van der Waals surface area contributed by atoms with Gasteiger partial charge in [0, 0.05) is 31.3 Å². The number of carbonyl (C=O) groups excluding carboxylic acids is 1. The number of halogens is 2. The van der Waals surface area contributed by atoms with Gasteiger partial charge in [0.15, 0.2) is 0 Å². The number of nitrogens with one attached hydrogen (secondary N) is 2. The van der Waals surface area contributed by atoms with E-state index in [2.05, 4.69) is 10.6 Å². The summed E-state index contributed by atoms with van der Waals surface area (Å²) in [6, 6.07) is 15.8. The van der Waals surface area contributed by atoms with Gasteiger partial charge in [0.1, 0.15) is 17.4 Å². The zero-order valence-corrected chi connectivity index (χ0v) is 23.0. The number of anilines is 1. The molecule has 1 fully saturated rings. The van der Waals surface area contributed by atoms with Gasteiger partial charge >= 0.3 is 0 Å². The van der Waals surface area contributed by atoms with Gasteiger partial charge in [0.2, 0.25) is 10.0 Å². The van der Waals surface area contributed by atoms with Crippen LogP contribution in [0.25, 0.3) is 0 Å². The molecule has 2 atom stereocenters. The summed E-state index contributed by atoms with van der Waals surface area (Å²) in [6.07, 6.45) is 0.150. The van der Waals surface area contributed by atoms with Crippen molar-refractivity contribution in [1.82, 2.24) is 10.6 Å². The number of ether oxygens (including phenoxy) is 1. The smallest absolute Gasteiger partial charge is 0.251 e. The Morgan fingerprint density at radius 3 is 2.50 bits per heavy atom. The number of aliphatic hydroxyl groups is 1. The molecule has 1 saturated heterocycles. The second kappa shape index (κ2) is 13.2.